The first-order valence-corrected chi connectivity index (χ1v) is 12.9. The van der Waals surface area contributed by atoms with Gasteiger partial charge >= 0.3 is 0 Å². The first-order valence-electron chi connectivity index (χ1n) is 9.93. The van der Waals surface area contributed by atoms with Crippen LogP contribution in [0.4, 0.5) is 0 Å². The van der Waals surface area contributed by atoms with Crippen LogP contribution in [-0.2, 0) is 9.23 Å². The van der Waals surface area contributed by atoms with Crippen molar-refractivity contribution in [2.24, 2.45) is 0 Å². The Bertz CT molecular complexity index is 1440. The van der Waals surface area contributed by atoms with E-state index in [0.717, 1.165) is 48.9 Å². The molecule has 0 aromatic heterocycles. The van der Waals surface area contributed by atoms with Crippen LogP contribution in [0.3, 0.4) is 0 Å². The van der Waals surface area contributed by atoms with E-state index in [1.54, 1.807) is 7.11 Å². The van der Waals surface area contributed by atoms with Crippen LogP contribution in [0.5, 0.6) is 5.75 Å². The smallest absolute Gasteiger partial charge is 0.127 e. The van der Waals surface area contributed by atoms with Gasteiger partial charge in [0.1, 0.15) is 15.0 Å². The van der Waals surface area contributed by atoms with Gasteiger partial charge in [0.05, 0.1) is 12.0 Å². The predicted molar refractivity (Wildman–Crippen MR) is 134 cm³/mol. The van der Waals surface area contributed by atoms with Crippen LogP contribution < -0.4 is 4.74 Å². The number of halogens is 1. The lowest BCUT2D eigenvalue weighted by Crippen LogP contribution is -1.95. The molecular weight excluding hydrogens is 468 g/mol. The summed E-state index contributed by atoms with van der Waals surface area (Å²) in [6.45, 7) is 0. The standard InChI is InChI=1S/C27H19BrO2S/c1-30-24-15-12-21-17-20(18-7-3-2-4-8-18)11-14-23(21)26(24)27-22-10-6-5-9-19(22)13-16-25(27)31(28)29/h2-17H,1H3. The quantitative estimate of drug-likeness (QED) is 0.242. The molecule has 0 aliphatic heterocycles. The summed E-state index contributed by atoms with van der Waals surface area (Å²) in [5.74, 6) is 0.760. The van der Waals surface area contributed by atoms with Crippen molar-refractivity contribution in [2.45, 2.75) is 4.90 Å². The Morgan fingerprint density at radius 2 is 1.39 bits per heavy atom. The zero-order chi connectivity index (χ0) is 21.4. The van der Waals surface area contributed by atoms with Gasteiger partial charge in [0.2, 0.25) is 0 Å². The number of rotatable bonds is 4. The van der Waals surface area contributed by atoms with E-state index in [1.165, 1.54) is 5.56 Å². The molecule has 0 spiro atoms. The Morgan fingerprint density at radius 3 is 2.16 bits per heavy atom. The summed E-state index contributed by atoms with van der Waals surface area (Å²) >= 11 is 3.30. The van der Waals surface area contributed by atoms with Gasteiger partial charge in [-0.15, -0.1) is 0 Å². The fourth-order valence-electron chi connectivity index (χ4n) is 4.19. The van der Waals surface area contributed by atoms with Gasteiger partial charge in [0, 0.05) is 25.9 Å². The molecule has 1 atom stereocenters. The molecule has 0 saturated heterocycles. The third-order valence-electron chi connectivity index (χ3n) is 5.62. The van der Waals surface area contributed by atoms with Crippen LogP contribution in [0.25, 0.3) is 43.8 Å². The monoisotopic (exact) mass is 486 g/mol. The van der Waals surface area contributed by atoms with E-state index in [4.69, 9.17) is 4.74 Å². The number of ether oxygens (including phenoxy) is 1. The van der Waals surface area contributed by atoms with E-state index in [-0.39, 0.29) is 0 Å². The van der Waals surface area contributed by atoms with Gasteiger partial charge in [-0.1, -0.05) is 78.9 Å². The highest BCUT2D eigenvalue weighted by Crippen LogP contribution is 2.44. The highest BCUT2D eigenvalue weighted by molar-refractivity contribution is 9.46. The Kier molecular flexibility index (Phi) is 5.34. The molecule has 152 valence electrons. The SMILES string of the molecule is COc1ccc2cc(-c3ccccc3)ccc2c1-c1c(S(=O)Br)ccc2ccccc12. The number of fused-ring (bicyclic) bond motifs is 2. The molecule has 0 radical (unpaired) electrons. The molecular formula is C27H19BrO2S. The molecule has 0 heterocycles. The number of methoxy groups -OCH3 is 1. The predicted octanol–water partition coefficient (Wildman–Crippen LogP) is 7.75. The average molecular weight is 487 g/mol. The maximum Gasteiger partial charge on any atom is 0.127 e. The minimum absolute atomic E-state index is 0.733. The molecule has 2 nitrogen and oxygen atoms in total. The van der Waals surface area contributed by atoms with Crippen LogP contribution >= 0.6 is 14.8 Å². The van der Waals surface area contributed by atoms with Crippen molar-refractivity contribution < 1.29 is 8.95 Å². The van der Waals surface area contributed by atoms with Gasteiger partial charge < -0.3 is 4.74 Å². The summed E-state index contributed by atoms with van der Waals surface area (Å²) in [6, 6.07) is 33.0. The van der Waals surface area contributed by atoms with E-state index >= 15 is 0 Å². The first-order chi connectivity index (χ1) is 15.2. The minimum Gasteiger partial charge on any atom is -0.496 e. The van der Waals surface area contributed by atoms with E-state index < -0.39 is 9.23 Å². The van der Waals surface area contributed by atoms with Crippen molar-refractivity contribution in [2.75, 3.05) is 7.11 Å². The fraction of sp³-hybridized carbons (Fsp3) is 0.0370. The summed E-state index contributed by atoms with van der Waals surface area (Å²) in [6.07, 6.45) is 0. The molecule has 0 amide bonds. The van der Waals surface area contributed by atoms with Crippen molar-refractivity contribution in [1.82, 2.24) is 0 Å². The van der Waals surface area contributed by atoms with E-state index in [9.17, 15) is 4.21 Å². The van der Waals surface area contributed by atoms with Gasteiger partial charge in [-0.25, -0.2) is 4.21 Å². The molecule has 0 N–H and O–H groups in total. The zero-order valence-corrected chi connectivity index (χ0v) is 19.2. The first kappa shape index (κ1) is 20.0. The van der Waals surface area contributed by atoms with Gasteiger partial charge in [-0.3, -0.25) is 0 Å². The summed E-state index contributed by atoms with van der Waals surface area (Å²) in [5, 5.41) is 4.32. The van der Waals surface area contributed by atoms with Gasteiger partial charge in [0.15, 0.2) is 0 Å². The fourth-order valence-corrected chi connectivity index (χ4v) is 5.55. The van der Waals surface area contributed by atoms with Crippen LogP contribution in [0.1, 0.15) is 0 Å². The molecule has 1 unspecified atom stereocenters. The zero-order valence-electron chi connectivity index (χ0n) is 16.8. The van der Waals surface area contributed by atoms with Crippen molar-refractivity contribution in [1.29, 1.82) is 0 Å². The summed E-state index contributed by atoms with van der Waals surface area (Å²) in [4.78, 5) is 0.733. The summed E-state index contributed by atoms with van der Waals surface area (Å²) < 4.78 is 18.4. The molecule has 0 saturated carbocycles. The maximum atomic E-state index is 12.6. The van der Waals surface area contributed by atoms with Crippen molar-refractivity contribution in [3.8, 4) is 28.0 Å². The van der Waals surface area contributed by atoms with Crippen molar-refractivity contribution in [3.05, 3.63) is 97.1 Å². The second-order valence-electron chi connectivity index (χ2n) is 7.33. The molecule has 31 heavy (non-hydrogen) atoms. The number of hydrogen-bond acceptors (Lipinski definition) is 2. The van der Waals surface area contributed by atoms with E-state index in [1.807, 2.05) is 48.5 Å². The molecule has 0 bridgehead atoms. The third kappa shape index (κ3) is 3.56. The molecule has 0 aliphatic rings. The normalized spacial score (nSPS) is 12.2. The highest BCUT2D eigenvalue weighted by atomic mass is 79.9. The maximum absolute atomic E-state index is 12.6. The van der Waals surface area contributed by atoms with Gasteiger partial charge in [-0.05, 0) is 50.9 Å². The lowest BCUT2D eigenvalue weighted by Gasteiger charge is -2.17. The van der Waals surface area contributed by atoms with E-state index in [0.29, 0.717) is 0 Å². The third-order valence-corrected chi connectivity index (χ3v) is 7.35. The largest absolute Gasteiger partial charge is 0.496 e. The highest BCUT2D eigenvalue weighted by Gasteiger charge is 2.20. The molecule has 5 aromatic rings. The molecule has 5 rings (SSSR count). The Labute approximate surface area is 191 Å². The van der Waals surface area contributed by atoms with Crippen LogP contribution in [0.15, 0.2) is 102 Å². The molecule has 0 aliphatic carbocycles. The molecule has 5 aromatic carbocycles. The number of hydrogen-bond donors (Lipinski definition) is 0. The van der Waals surface area contributed by atoms with Gasteiger partial charge in [0.25, 0.3) is 0 Å². The van der Waals surface area contributed by atoms with Crippen molar-refractivity contribution >= 4 is 45.6 Å². The van der Waals surface area contributed by atoms with Crippen LogP contribution in [0, 0.1) is 0 Å². The van der Waals surface area contributed by atoms with E-state index in [2.05, 4.69) is 63.3 Å². The Hall–Kier alpha value is -2.95. The number of benzene rings is 5. The lowest BCUT2D eigenvalue weighted by molar-refractivity contribution is 0.417. The lowest BCUT2D eigenvalue weighted by atomic mass is 9.91. The average Bonchev–Trinajstić information content (AvgIpc) is 2.82. The Morgan fingerprint density at radius 1 is 0.677 bits per heavy atom. The minimum atomic E-state index is -1.33. The molecule has 0 fully saturated rings. The summed E-state index contributed by atoms with van der Waals surface area (Å²) in [5.41, 5.74) is 4.23. The van der Waals surface area contributed by atoms with Crippen molar-refractivity contribution in [3.63, 3.8) is 0 Å². The van der Waals surface area contributed by atoms with Crippen LogP contribution in [0.2, 0.25) is 0 Å². The van der Waals surface area contributed by atoms with Gasteiger partial charge in [-0.2, -0.15) is 0 Å². The second-order valence-corrected chi connectivity index (χ2v) is 9.98. The molecule has 4 heteroatoms. The second kappa shape index (κ2) is 8.29. The summed E-state index contributed by atoms with van der Waals surface area (Å²) in [7, 11) is 0.352. The van der Waals surface area contributed by atoms with Crippen LogP contribution in [-0.4, -0.2) is 11.3 Å². The topological polar surface area (TPSA) is 26.3 Å². The Balaban J connectivity index is 1.87.